The maximum Gasteiger partial charge on any atom is 0.193 e. The number of likely N-dealkylation sites (N-methyl/N-ethyl adjacent to an activating group) is 1. The highest BCUT2D eigenvalue weighted by Crippen LogP contribution is 2.29. The number of guanidine groups is 1. The summed E-state index contributed by atoms with van der Waals surface area (Å²) in [5.74, 6) is 1.75. The van der Waals surface area contributed by atoms with Crippen LogP contribution in [0.2, 0.25) is 0 Å². The highest BCUT2D eigenvalue weighted by molar-refractivity contribution is 5.92. The Morgan fingerprint density at radius 2 is 1.88 bits per heavy atom. The standard InChI is InChI=1S/C18H31N5O2/c1-5-22-8-10-23(11-9-22)14(2)13-20-18(19)21-15-6-7-16(24-3)17(12-15)25-4/h6-7,12,14H,5,8-11,13H2,1-4H3,(H3,19,20,21). The van der Waals surface area contributed by atoms with Crippen LogP contribution < -0.4 is 20.5 Å². The van der Waals surface area contributed by atoms with Crippen LogP contribution in [-0.4, -0.2) is 75.3 Å². The van der Waals surface area contributed by atoms with Crippen LogP contribution in [0.25, 0.3) is 0 Å². The van der Waals surface area contributed by atoms with Gasteiger partial charge in [-0.05, 0) is 25.6 Å². The number of hydrogen-bond donors (Lipinski definition) is 2. The van der Waals surface area contributed by atoms with E-state index in [0.717, 1.165) is 38.4 Å². The highest BCUT2D eigenvalue weighted by atomic mass is 16.5. The Bertz CT molecular complexity index is 571. The molecule has 0 radical (unpaired) electrons. The van der Waals surface area contributed by atoms with Gasteiger partial charge in [-0.15, -0.1) is 0 Å². The van der Waals surface area contributed by atoms with Crippen LogP contribution in [0.15, 0.2) is 23.2 Å². The number of ether oxygens (including phenoxy) is 2. The smallest absolute Gasteiger partial charge is 0.193 e. The number of methoxy groups -OCH3 is 2. The van der Waals surface area contributed by atoms with Gasteiger partial charge >= 0.3 is 0 Å². The summed E-state index contributed by atoms with van der Waals surface area (Å²) in [7, 11) is 3.22. The Morgan fingerprint density at radius 3 is 2.48 bits per heavy atom. The zero-order valence-electron chi connectivity index (χ0n) is 15.8. The van der Waals surface area contributed by atoms with E-state index in [1.54, 1.807) is 14.2 Å². The molecule has 1 atom stereocenters. The Hall–Kier alpha value is -1.99. The Kier molecular flexibility index (Phi) is 7.33. The van der Waals surface area contributed by atoms with Gasteiger partial charge in [-0.2, -0.15) is 0 Å². The fourth-order valence-corrected chi connectivity index (χ4v) is 2.97. The SMILES string of the molecule is CCN1CCN(C(C)CN=C(N)Nc2ccc(OC)c(OC)c2)CC1. The van der Waals surface area contributed by atoms with Gasteiger partial charge in [0.15, 0.2) is 17.5 Å². The van der Waals surface area contributed by atoms with E-state index < -0.39 is 0 Å². The van der Waals surface area contributed by atoms with Crippen molar-refractivity contribution in [2.24, 2.45) is 10.7 Å². The van der Waals surface area contributed by atoms with E-state index in [2.05, 4.69) is 34.0 Å². The molecular weight excluding hydrogens is 318 g/mol. The van der Waals surface area contributed by atoms with Crippen LogP contribution in [0, 0.1) is 0 Å². The molecule has 1 heterocycles. The van der Waals surface area contributed by atoms with Crippen LogP contribution >= 0.6 is 0 Å². The first-order valence-electron chi connectivity index (χ1n) is 8.82. The normalized spacial score (nSPS) is 18.0. The summed E-state index contributed by atoms with van der Waals surface area (Å²) in [6.07, 6.45) is 0. The van der Waals surface area contributed by atoms with E-state index in [9.17, 15) is 0 Å². The number of nitrogens with one attached hydrogen (secondary N) is 1. The molecule has 1 aromatic rings. The first-order valence-corrected chi connectivity index (χ1v) is 8.82. The summed E-state index contributed by atoms with van der Waals surface area (Å²) in [6.45, 7) is 10.7. The Morgan fingerprint density at radius 1 is 1.20 bits per heavy atom. The van der Waals surface area contributed by atoms with Crippen LogP contribution in [0.3, 0.4) is 0 Å². The van der Waals surface area contributed by atoms with Crippen molar-refractivity contribution in [1.29, 1.82) is 0 Å². The van der Waals surface area contributed by atoms with E-state index in [1.165, 1.54) is 0 Å². The zero-order valence-corrected chi connectivity index (χ0v) is 15.8. The van der Waals surface area contributed by atoms with Crippen molar-refractivity contribution < 1.29 is 9.47 Å². The van der Waals surface area contributed by atoms with Crippen molar-refractivity contribution >= 4 is 11.6 Å². The van der Waals surface area contributed by atoms with E-state index in [4.69, 9.17) is 15.2 Å². The van der Waals surface area contributed by atoms with Crippen LogP contribution in [0.5, 0.6) is 11.5 Å². The maximum absolute atomic E-state index is 6.03. The number of nitrogens with two attached hydrogens (primary N) is 1. The molecule has 0 aromatic heterocycles. The minimum absolute atomic E-state index is 0.379. The fraction of sp³-hybridized carbons (Fsp3) is 0.611. The summed E-state index contributed by atoms with van der Waals surface area (Å²) in [4.78, 5) is 9.43. The molecule has 0 saturated carbocycles. The first-order chi connectivity index (χ1) is 12.1. The summed E-state index contributed by atoms with van der Waals surface area (Å²) in [5.41, 5.74) is 6.85. The predicted octanol–water partition coefficient (Wildman–Crippen LogP) is 1.46. The fourth-order valence-electron chi connectivity index (χ4n) is 2.97. The molecule has 1 saturated heterocycles. The van der Waals surface area contributed by atoms with Gasteiger partial charge < -0.3 is 25.4 Å². The van der Waals surface area contributed by atoms with Crippen molar-refractivity contribution in [3.05, 3.63) is 18.2 Å². The number of rotatable bonds is 7. The summed E-state index contributed by atoms with van der Waals surface area (Å²) < 4.78 is 10.5. The van der Waals surface area contributed by atoms with Gasteiger partial charge in [0, 0.05) is 44.0 Å². The van der Waals surface area contributed by atoms with Crippen LogP contribution in [0.1, 0.15) is 13.8 Å². The van der Waals surface area contributed by atoms with E-state index >= 15 is 0 Å². The number of aliphatic imine (C=N–C) groups is 1. The lowest BCUT2D eigenvalue weighted by molar-refractivity contribution is 0.109. The molecule has 1 aliphatic heterocycles. The minimum atomic E-state index is 0.379. The molecule has 140 valence electrons. The molecule has 0 bridgehead atoms. The molecule has 3 N–H and O–H groups in total. The Labute approximate surface area is 150 Å². The Balaban J connectivity index is 1.87. The monoisotopic (exact) mass is 349 g/mol. The summed E-state index contributed by atoms with van der Waals surface area (Å²) >= 11 is 0. The molecule has 25 heavy (non-hydrogen) atoms. The lowest BCUT2D eigenvalue weighted by atomic mass is 10.2. The largest absolute Gasteiger partial charge is 0.493 e. The van der Waals surface area contributed by atoms with Crippen molar-refractivity contribution in [2.45, 2.75) is 19.9 Å². The number of piperazine rings is 1. The van der Waals surface area contributed by atoms with Crippen LogP contribution in [-0.2, 0) is 0 Å². The van der Waals surface area contributed by atoms with Gasteiger partial charge in [-0.25, -0.2) is 0 Å². The first kappa shape index (κ1) is 19.3. The molecule has 1 unspecified atom stereocenters. The molecular formula is C18H31N5O2. The van der Waals surface area contributed by atoms with Gasteiger partial charge in [-0.3, -0.25) is 9.89 Å². The van der Waals surface area contributed by atoms with Gasteiger partial charge in [0.25, 0.3) is 0 Å². The van der Waals surface area contributed by atoms with Crippen LogP contribution in [0.4, 0.5) is 5.69 Å². The number of anilines is 1. The zero-order chi connectivity index (χ0) is 18.2. The predicted molar refractivity (Wildman–Crippen MR) is 103 cm³/mol. The topological polar surface area (TPSA) is 75.4 Å². The van der Waals surface area contributed by atoms with Gasteiger partial charge in [0.05, 0.1) is 20.8 Å². The number of benzene rings is 1. The molecule has 0 spiro atoms. The number of nitrogens with zero attached hydrogens (tertiary/aromatic N) is 3. The van der Waals surface area contributed by atoms with E-state index in [-0.39, 0.29) is 0 Å². The molecule has 7 nitrogen and oxygen atoms in total. The number of hydrogen-bond acceptors (Lipinski definition) is 5. The second kappa shape index (κ2) is 9.48. The molecule has 7 heteroatoms. The molecule has 1 aliphatic rings. The quantitative estimate of drug-likeness (QED) is 0.573. The lowest BCUT2D eigenvalue weighted by Gasteiger charge is -2.37. The van der Waals surface area contributed by atoms with Crippen molar-refractivity contribution in [1.82, 2.24) is 9.80 Å². The third-order valence-electron chi connectivity index (χ3n) is 4.66. The maximum atomic E-state index is 6.03. The average molecular weight is 349 g/mol. The molecule has 0 amide bonds. The molecule has 0 aliphatic carbocycles. The van der Waals surface area contributed by atoms with Gasteiger partial charge in [0.2, 0.25) is 0 Å². The molecule has 1 fully saturated rings. The van der Waals surface area contributed by atoms with Gasteiger partial charge in [-0.1, -0.05) is 6.92 Å². The van der Waals surface area contributed by atoms with Crippen molar-refractivity contribution in [3.63, 3.8) is 0 Å². The van der Waals surface area contributed by atoms with E-state index in [1.807, 2.05) is 18.2 Å². The highest BCUT2D eigenvalue weighted by Gasteiger charge is 2.19. The van der Waals surface area contributed by atoms with Crippen molar-refractivity contribution in [3.8, 4) is 11.5 Å². The minimum Gasteiger partial charge on any atom is -0.493 e. The lowest BCUT2D eigenvalue weighted by Crippen LogP contribution is -2.50. The molecule has 1 aromatic carbocycles. The second-order valence-electron chi connectivity index (χ2n) is 6.24. The third kappa shape index (κ3) is 5.51. The molecule has 2 rings (SSSR count). The second-order valence-corrected chi connectivity index (χ2v) is 6.24. The summed E-state index contributed by atoms with van der Waals surface area (Å²) in [6, 6.07) is 5.94. The third-order valence-corrected chi connectivity index (χ3v) is 4.66. The van der Waals surface area contributed by atoms with E-state index in [0.29, 0.717) is 30.0 Å². The average Bonchev–Trinajstić information content (AvgIpc) is 2.66. The summed E-state index contributed by atoms with van der Waals surface area (Å²) in [5, 5.41) is 3.11. The van der Waals surface area contributed by atoms with Crippen molar-refractivity contribution in [2.75, 3.05) is 58.8 Å². The van der Waals surface area contributed by atoms with Gasteiger partial charge in [0.1, 0.15) is 0 Å².